The molecular weight excluding hydrogens is 406 g/mol. The number of carbonyl (C=O) groups is 1. The predicted molar refractivity (Wildman–Crippen MR) is 113 cm³/mol. The van der Waals surface area contributed by atoms with E-state index in [4.69, 9.17) is 0 Å². The molecule has 0 radical (unpaired) electrons. The first-order valence-corrected chi connectivity index (χ1v) is 11.9. The number of fused-ring (bicyclic) bond motifs is 1. The van der Waals surface area contributed by atoms with Gasteiger partial charge in [0.25, 0.3) is 15.8 Å². The molecule has 2 aliphatic heterocycles. The van der Waals surface area contributed by atoms with Crippen LogP contribution in [0.3, 0.4) is 0 Å². The van der Waals surface area contributed by atoms with Crippen molar-refractivity contribution in [3.05, 3.63) is 40.3 Å². The molecule has 0 aliphatic carbocycles. The summed E-state index contributed by atoms with van der Waals surface area (Å²) in [6, 6.07) is 7.07. The maximum Gasteiger partial charge on any atom is 0.282 e. The number of amides is 1. The van der Waals surface area contributed by atoms with Crippen LogP contribution in [0.25, 0.3) is 10.8 Å². The third kappa shape index (κ3) is 4.26. The van der Waals surface area contributed by atoms with Crippen LogP contribution in [-0.4, -0.2) is 77.3 Å². The minimum Gasteiger partial charge on any atom is -0.340 e. The molecular formula is C20H27N5O4S. The van der Waals surface area contributed by atoms with Crippen molar-refractivity contribution in [1.82, 2.24) is 23.7 Å². The maximum absolute atomic E-state index is 12.9. The zero-order valence-electron chi connectivity index (χ0n) is 16.9. The standard InChI is InChI=1S/C20H27N5O4S/c26-19(15-18-16-7-3-4-8-17(16)20(27)22-21-18)23-11-13-25(14-12-23)30(28,29)24-9-5-1-2-6-10-24/h3-4,7-8H,1-2,5-6,9-15H2,(H,22,27). The SMILES string of the molecule is O=C(Cc1n[nH]c(=O)c2ccccc12)N1CCN(S(=O)(=O)N2CCCCCC2)CC1. The molecule has 3 heterocycles. The van der Waals surface area contributed by atoms with Crippen LogP contribution < -0.4 is 5.56 Å². The first kappa shape index (κ1) is 21.0. The maximum atomic E-state index is 12.9. The highest BCUT2D eigenvalue weighted by atomic mass is 32.2. The Kier molecular flexibility index (Phi) is 6.16. The summed E-state index contributed by atoms with van der Waals surface area (Å²) in [5, 5.41) is 7.68. The van der Waals surface area contributed by atoms with Gasteiger partial charge < -0.3 is 4.90 Å². The Morgan fingerprint density at radius 1 is 0.900 bits per heavy atom. The molecule has 0 atom stereocenters. The van der Waals surface area contributed by atoms with Crippen LogP contribution in [0.5, 0.6) is 0 Å². The summed E-state index contributed by atoms with van der Waals surface area (Å²) < 4.78 is 29.0. The summed E-state index contributed by atoms with van der Waals surface area (Å²) in [7, 11) is -3.47. The lowest BCUT2D eigenvalue weighted by molar-refractivity contribution is -0.131. The van der Waals surface area contributed by atoms with Crippen LogP contribution in [0, 0.1) is 0 Å². The van der Waals surface area contributed by atoms with Gasteiger partial charge >= 0.3 is 0 Å². The number of nitrogens with zero attached hydrogens (tertiary/aromatic N) is 4. The molecule has 1 aromatic heterocycles. The molecule has 2 aliphatic rings. The number of H-pyrrole nitrogens is 1. The zero-order valence-corrected chi connectivity index (χ0v) is 17.7. The Hall–Kier alpha value is -2.30. The lowest BCUT2D eigenvalue weighted by Crippen LogP contribution is -2.54. The molecule has 1 amide bonds. The van der Waals surface area contributed by atoms with E-state index in [9.17, 15) is 18.0 Å². The molecule has 2 saturated heterocycles. The fraction of sp³-hybridized carbons (Fsp3) is 0.550. The highest BCUT2D eigenvalue weighted by Crippen LogP contribution is 2.19. The molecule has 0 saturated carbocycles. The van der Waals surface area contributed by atoms with Gasteiger partial charge in [0.15, 0.2) is 0 Å². The molecule has 1 N–H and O–H groups in total. The van der Waals surface area contributed by atoms with Gasteiger partial charge in [-0.1, -0.05) is 31.0 Å². The fourth-order valence-corrected chi connectivity index (χ4v) is 5.84. The summed E-state index contributed by atoms with van der Waals surface area (Å²) in [6.45, 7) is 2.45. The fourth-order valence-electron chi connectivity index (χ4n) is 4.17. The van der Waals surface area contributed by atoms with Crippen LogP contribution in [0.2, 0.25) is 0 Å². The monoisotopic (exact) mass is 433 g/mol. The van der Waals surface area contributed by atoms with Crippen molar-refractivity contribution in [3.8, 4) is 0 Å². The number of aromatic nitrogens is 2. The average Bonchev–Trinajstić information content (AvgIpc) is 3.06. The Labute approximate surface area is 175 Å². The molecule has 30 heavy (non-hydrogen) atoms. The van der Waals surface area contributed by atoms with E-state index < -0.39 is 10.2 Å². The first-order chi connectivity index (χ1) is 14.5. The van der Waals surface area contributed by atoms with Crippen molar-refractivity contribution >= 4 is 26.9 Å². The van der Waals surface area contributed by atoms with Crippen molar-refractivity contribution in [3.63, 3.8) is 0 Å². The van der Waals surface area contributed by atoms with E-state index in [1.165, 1.54) is 4.31 Å². The topological polar surface area (TPSA) is 107 Å². The molecule has 9 nitrogen and oxygen atoms in total. The van der Waals surface area contributed by atoms with Gasteiger partial charge in [-0.3, -0.25) is 9.59 Å². The van der Waals surface area contributed by atoms with Gasteiger partial charge in [-0.25, -0.2) is 5.10 Å². The van der Waals surface area contributed by atoms with E-state index in [2.05, 4.69) is 10.2 Å². The number of hydrogen-bond donors (Lipinski definition) is 1. The number of piperazine rings is 1. The zero-order chi connectivity index (χ0) is 21.1. The lowest BCUT2D eigenvalue weighted by Gasteiger charge is -2.36. The van der Waals surface area contributed by atoms with Crippen molar-refractivity contribution in [2.45, 2.75) is 32.1 Å². The number of nitrogens with one attached hydrogen (secondary N) is 1. The third-order valence-electron chi connectivity index (χ3n) is 5.90. The predicted octanol–water partition coefficient (Wildman–Crippen LogP) is 0.731. The highest BCUT2D eigenvalue weighted by molar-refractivity contribution is 7.86. The van der Waals surface area contributed by atoms with Crippen LogP contribution in [-0.2, 0) is 21.4 Å². The van der Waals surface area contributed by atoms with Gasteiger partial charge in [-0.05, 0) is 18.9 Å². The van der Waals surface area contributed by atoms with E-state index in [1.807, 2.05) is 6.07 Å². The van der Waals surface area contributed by atoms with Crippen molar-refractivity contribution < 1.29 is 13.2 Å². The van der Waals surface area contributed by atoms with Crippen molar-refractivity contribution in [1.29, 1.82) is 0 Å². The van der Waals surface area contributed by atoms with Crippen LogP contribution >= 0.6 is 0 Å². The van der Waals surface area contributed by atoms with Gasteiger partial charge in [0.1, 0.15) is 0 Å². The molecule has 10 heteroatoms. The molecule has 1 aromatic carbocycles. The summed E-state index contributed by atoms with van der Waals surface area (Å²) in [6.07, 6.45) is 4.01. The number of rotatable bonds is 4. The van der Waals surface area contributed by atoms with Gasteiger partial charge in [-0.2, -0.15) is 22.1 Å². The summed E-state index contributed by atoms with van der Waals surface area (Å²) in [4.78, 5) is 26.4. The largest absolute Gasteiger partial charge is 0.340 e. The molecule has 0 bridgehead atoms. The van der Waals surface area contributed by atoms with Crippen molar-refractivity contribution in [2.75, 3.05) is 39.3 Å². The van der Waals surface area contributed by atoms with Crippen LogP contribution in [0.4, 0.5) is 0 Å². The number of hydrogen-bond acceptors (Lipinski definition) is 5. The minimum atomic E-state index is -3.47. The summed E-state index contributed by atoms with van der Waals surface area (Å²) >= 11 is 0. The number of carbonyl (C=O) groups excluding carboxylic acids is 1. The molecule has 4 rings (SSSR count). The molecule has 2 aromatic rings. The quantitative estimate of drug-likeness (QED) is 0.765. The van der Waals surface area contributed by atoms with Gasteiger partial charge in [0, 0.05) is 44.7 Å². The van der Waals surface area contributed by atoms with Gasteiger partial charge in [0.2, 0.25) is 5.91 Å². The van der Waals surface area contributed by atoms with Gasteiger partial charge in [-0.15, -0.1) is 0 Å². The molecule has 0 unspecified atom stereocenters. The molecule has 0 spiro atoms. The number of benzene rings is 1. The first-order valence-electron chi connectivity index (χ1n) is 10.5. The Morgan fingerprint density at radius 2 is 1.50 bits per heavy atom. The van der Waals surface area contributed by atoms with Crippen LogP contribution in [0.15, 0.2) is 29.1 Å². The summed E-state index contributed by atoms with van der Waals surface area (Å²) in [5.41, 5.74) is 0.240. The second-order valence-electron chi connectivity index (χ2n) is 7.82. The number of aromatic amines is 1. The van der Waals surface area contributed by atoms with E-state index in [-0.39, 0.29) is 17.9 Å². The molecule has 2 fully saturated rings. The van der Waals surface area contributed by atoms with Crippen LogP contribution in [0.1, 0.15) is 31.4 Å². The Morgan fingerprint density at radius 3 is 2.17 bits per heavy atom. The second-order valence-corrected chi connectivity index (χ2v) is 9.75. The normalized spacial score (nSPS) is 19.7. The van der Waals surface area contributed by atoms with E-state index in [1.54, 1.807) is 27.4 Å². The van der Waals surface area contributed by atoms with E-state index in [0.717, 1.165) is 25.7 Å². The Balaban J connectivity index is 1.40. The van der Waals surface area contributed by atoms with Gasteiger partial charge in [0.05, 0.1) is 17.5 Å². The van der Waals surface area contributed by atoms with E-state index in [0.29, 0.717) is 55.7 Å². The highest BCUT2D eigenvalue weighted by Gasteiger charge is 2.33. The third-order valence-corrected chi connectivity index (χ3v) is 7.94. The van der Waals surface area contributed by atoms with E-state index >= 15 is 0 Å². The Bertz CT molecular complexity index is 1070. The summed E-state index contributed by atoms with van der Waals surface area (Å²) in [5.74, 6) is -0.119. The van der Waals surface area contributed by atoms with Crippen molar-refractivity contribution in [2.24, 2.45) is 0 Å². The molecule has 162 valence electrons. The second kappa shape index (κ2) is 8.83. The minimum absolute atomic E-state index is 0.0656. The smallest absolute Gasteiger partial charge is 0.282 e. The lowest BCUT2D eigenvalue weighted by atomic mass is 10.1. The average molecular weight is 434 g/mol.